The van der Waals surface area contributed by atoms with Crippen LogP contribution in [0.4, 0.5) is 0 Å². The first-order chi connectivity index (χ1) is 9.22. The van der Waals surface area contributed by atoms with E-state index in [1.54, 1.807) is 18.5 Å². The van der Waals surface area contributed by atoms with Crippen LogP contribution in [0.5, 0.6) is 0 Å². The average Bonchev–Trinajstić information content (AvgIpc) is 2.44. The van der Waals surface area contributed by atoms with Crippen molar-refractivity contribution in [1.82, 2.24) is 15.3 Å². The molecule has 0 radical (unpaired) electrons. The lowest BCUT2D eigenvalue weighted by atomic mass is 10.1. The molecule has 0 fully saturated rings. The first-order valence-electron chi connectivity index (χ1n) is 6.43. The Labute approximate surface area is 112 Å². The van der Waals surface area contributed by atoms with E-state index in [0.29, 0.717) is 17.6 Å². The number of nitrogens with one attached hydrogen (secondary N) is 1. The SMILES string of the molecule is CC(CCCN)NC(=O)c1cccc2nccnc12. The van der Waals surface area contributed by atoms with Gasteiger partial charge in [0.1, 0.15) is 5.52 Å². The number of carbonyl (C=O) groups is 1. The number of nitrogens with two attached hydrogens (primary N) is 1. The minimum atomic E-state index is -0.115. The van der Waals surface area contributed by atoms with Crippen LogP contribution >= 0.6 is 0 Å². The van der Waals surface area contributed by atoms with Gasteiger partial charge in [-0.3, -0.25) is 14.8 Å². The third-order valence-corrected chi connectivity index (χ3v) is 2.96. The Morgan fingerprint density at radius 2 is 2.16 bits per heavy atom. The molecule has 0 saturated heterocycles. The molecule has 0 bridgehead atoms. The topological polar surface area (TPSA) is 80.9 Å². The maximum absolute atomic E-state index is 12.2. The van der Waals surface area contributed by atoms with Gasteiger partial charge in [-0.25, -0.2) is 0 Å². The lowest BCUT2D eigenvalue weighted by Crippen LogP contribution is -2.33. The summed E-state index contributed by atoms with van der Waals surface area (Å²) >= 11 is 0. The van der Waals surface area contributed by atoms with E-state index in [4.69, 9.17) is 5.73 Å². The van der Waals surface area contributed by atoms with Crippen LogP contribution in [-0.2, 0) is 0 Å². The number of para-hydroxylation sites is 1. The lowest BCUT2D eigenvalue weighted by molar-refractivity contribution is 0.0939. The summed E-state index contributed by atoms with van der Waals surface area (Å²) in [4.78, 5) is 20.6. The van der Waals surface area contributed by atoms with Crippen molar-refractivity contribution >= 4 is 16.9 Å². The monoisotopic (exact) mass is 258 g/mol. The second kappa shape index (κ2) is 6.24. The molecule has 1 amide bonds. The highest BCUT2D eigenvalue weighted by Crippen LogP contribution is 2.14. The molecule has 1 atom stereocenters. The van der Waals surface area contributed by atoms with Crippen LogP contribution in [0.1, 0.15) is 30.1 Å². The largest absolute Gasteiger partial charge is 0.350 e. The molecule has 1 heterocycles. The summed E-state index contributed by atoms with van der Waals surface area (Å²) in [5.41, 5.74) is 7.38. The fraction of sp³-hybridized carbons (Fsp3) is 0.357. The van der Waals surface area contributed by atoms with Crippen molar-refractivity contribution in [3.63, 3.8) is 0 Å². The van der Waals surface area contributed by atoms with Crippen molar-refractivity contribution in [3.8, 4) is 0 Å². The van der Waals surface area contributed by atoms with Crippen molar-refractivity contribution in [2.45, 2.75) is 25.8 Å². The maximum atomic E-state index is 12.2. The molecule has 5 nitrogen and oxygen atoms in total. The number of rotatable bonds is 5. The number of benzene rings is 1. The van der Waals surface area contributed by atoms with E-state index in [9.17, 15) is 4.79 Å². The predicted molar refractivity (Wildman–Crippen MR) is 74.8 cm³/mol. The van der Waals surface area contributed by atoms with Crippen LogP contribution < -0.4 is 11.1 Å². The van der Waals surface area contributed by atoms with Crippen molar-refractivity contribution in [2.24, 2.45) is 5.73 Å². The smallest absolute Gasteiger partial charge is 0.253 e. The van der Waals surface area contributed by atoms with E-state index in [1.807, 2.05) is 19.1 Å². The van der Waals surface area contributed by atoms with Crippen LogP contribution in [0.15, 0.2) is 30.6 Å². The summed E-state index contributed by atoms with van der Waals surface area (Å²) in [5.74, 6) is -0.115. The highest BCUT2D eigenvalue weighted by molar-refractivity contribution is 6.04. The number of amides is 1. The Bertz CT molecular complexity index is 565. The summed E-state index contributed by atoms with van der Waals surface area (Å²) in [6.07, 6.45) is 4.99. The van der Waals surface area contributed by atoms with Gasteiger partial charge in [-0.2, -0.15) is 0 Å². The van der Waals surface area contributed by atoms with Gasteiger partial charge in [-0.05, 0) is 38.4 Å². The summed E-state index contributed by atoms with van der Waals surface area (Å²) in [5, 5.41) is 2.96. The number of fused-ring (bicyclic) bond motifs is 1. The van der Waals surface area contributed by atoms with Gasteiger partial charge in [0.2, 0.25) is 0 Å². The Kier molecular flexibility index (Phi) is 4.41. The van der Waals surface area contributed by atoms with E-state index in [2.05, 4.69) is 15.3 Å². The number of hydrogen-bond donors (Lipinski definition) is 2. The van der Waals surface area contributed by atoms with E-state index in [0.717, 1.165) is 18.4 Å². The normalized spacial score (nSPS) is 12.3. The third-order valence-electron chi connectivity index (χ3n) is 2.96. The number of carbonyl (C=O) groups excluding carboxylic acids is 1. The first kappa shape index (κ1) is 13.4. The van der Waals surface area contributed by atoms with E-state index in [1.165, 1.54) is 0 Å². The van der Waals surface area contributed by atoms with Crippen LogP contribution in [-0.4, -0.2) is 28.5 Å². The van der Waals surface area contributed by atoms with Crippen molar-refractivity contribution in [3.05, 3.63) is 36.2 Å². The van der Waals surface area contributed by atoms with E-state index in [-0.39, 0.29) is 11.9 Å². The number of hydrogen-bond acceptors (Lipinski definition) is 4. The Morgan fingerprint density at radius 1 is 1.37 bits per heavy atom. The molecule has 0 aliphatic carbocycles. The maximum Gasteiger partial charge on any atom is 0.253 e. The minimum absolute atomic E-state index is 0.1000. The van der Waals surface area contributed by atoms with Gasteiger partial charge < -0.3 is 11.1 Å². The van der Waals surface area contributed by atoms with Gasteiger partial charge in [0.25, 0.3) is 5.91 Å². The standard InChI is InChI=1S/C14H18N4O/c1-10(4-3-7-15)18-14(19)11-5-2-6-12-13(11)17-9-8-16-12/h2,5-6,8-10H,3-4,7,15H2,1H3,(H,18,19). The minimum Gasteiger partial charge on any atom is -0.350 e. The summed E-state index contributed by atoms with van der Waals surface area (Å²) < 4.78 is 0. The quantitative estimate of drug-likeness (QED) is 0.851. The summed E-state index contributed by atoms with van der Waals surface area (Å²) in [6, 6.07) is 5.53. The summed E-state index contributed by atoms with van der Waals surface area (Å²) in [7, 11) is 0. The fourth-order valence-electron chi connectivity index (χ4n) is 1.97. The third kappa shape index (κ3) is 3.26. The van der Waals surface area contributed by atoms with E-state index >= 15 is 0 Å². The van der Waals surface area contributed by atoms with Gasteiger partial charge in [-0.1, -0.05) is 6.07 Å². The van der Waals surface area contributed by atoms with Crippen LogP contribution in [0.3, 0.4) is 0 Å². The molecule has 1 aromatic carbocycles. The molecule has 0 saturated carbocycles. The summed E-state index contributed by atoms with van der Waals surface area (Å²) in [6.45, 7) is 2.62. The predicted octanol–water partition coefficient (Wildman–Crippen LogP) is 1.49. The van der Waals surface area contributed by atoms with Gasteiger partial charge >= 0.3 is 0 Å². The highest BCUT2D eigenvalue weighted by atomic mass is 16.1. The molecule has 2 rings (SSSR count). The van der Waals surface area contributed by atoms with Crippen LogP contribution in [0, 0.1) is 0 Å². The lowest BCUT2D eigenvalue weighted by Gasteiger charge is -2.13. The van der Waals surface area contributed by atoms with E-state index < -0.39 is 0 Å². The fourth-order valence-corrected chi connectivity index (χ4v) is 1.97. The molecule has 100 valence electrons. The average molecular weight is 258 g/mol. The molecule has 1 aromatic heterocycles. The van der Waals surface area contributed by atoms with Crippen LogP contribution in [0.2, 0.25) is 0 Å². The van der Waals surface area contributed by atoms with Gasteiger partial charge in [0.05, 0.1) is 11.1 Å². The van der Waals surface area contributed by atoms with Crippen molar-refractivity contribution in [1.29, 1.82) is 0 Å². The molecule has 3 N–H and O–H groups in total. The molecule has 0 aliphatic rings. The number of nitrogens with zero attached hydrogens (tertiary/aromatic N) is 2. The second-order valence-electron chi connectivity index (χ2n) is 4.54. The zero-order valence-corrected chi connectivity index (χ0v) is 11.0. The number of aromatic nitrogens is 2. The molecule has 5 heteroatoms. The molecule has 1 unspecified atom stereocenters. The van der Waals surface area contributed by atoms with Gasteiger partial charge in [0.15, 0.2) is 0 Å². The Morgan fingerprint density at radius 3 is 2.95 bits per heavy atom. The zero-order chi connectivity index (χ0) is 13.7. The first-order valence-corrected chi connectivity index (χ1v) is 6.43. The molecular weight excluding hydrogens is 240 g/mol. The second-order valence-corrected chi connectivity index (χ2v) is 4.54. The molecule has 2 aromatic rings. The molecular formula is C14H18N4O. The zero-order valence-electron chi connectivity index (χ0n) is 11.0. The van der Waals surface area contributed by atoms with Crippen molar-refractivity contribution in [2.75, 3.05) is 6.54 Å². The molecule has 0 spiro atoms. The van der Waals surface area contributed by atoms with Gasteiger partial charge in [-0.15, -0.1) is 0 Å². The van der Waals surface area contributed by atoms with Crippen molar-refractivity contribution < 1.29 is 4.79 Å². The highest BCUT2D eigenvalue weighted by Gasteiger charge is 2.13. The van der Waals surface area contributed by atoms with Crippen LogP contribution in [0.25, 0.3) is 11.0 Å². The van der Waals surface area contributed by atoms with Gasteiger partial charge in [0, 0.05) is 18.4 Å². The Hall–Kier alpha value is -2.01. The molecule has 19 heavy (non-hydrogen) atoms. The molecule has 0 aliphatic heterocycles. The Balaban J connectivity index is 2.17.